The molecule has 1 aliphatic carbocycles. The molecule has 0 heterocycles. The van der Waals surface area contributed by atoms with E-state index in [4.69, 9.17) is 21.1 Å². The van der Waals surface area contributed by atoms with Gasteiger partial charge in [-0.05, 0) is 47.6 Å². The van der Waals surface area contributed by atoms with Crippen LogP contribution in [-0.2, 0) is 14.3 Å². The Morgan fingerprint density at radius 3 is 2.13 bits per heavy atom. The summed E-state index contributed by atoms with van der Waals surface area (Å²) >= 11 is 7.94. The number of methoxy groups -OCH3 is 2. The number of allylic oxidation sites excluding steroid dienone is 2. The quantitative estimate of drug-likeness (QED) is 0.572. The van der Waals surface area contributed by atoms with Crippen molar-refractivity contribution in [2.24, 2.45) is 0 Å². The number of ether oxygens (including phenoxy) is 2. The van der Waals surface area contributed by atoms with Gasteiger partial charge in [-0.15, -0.1) is 0 Å². The van der Waals surface area contributed by atoms with Crippen molar-refractivity contribution in [2.75, 3.05) is 14.2 Å². The lowest BCUT2D eigenvalue weighted by molar-refractivity contribution is -0.186. The first kappa shape index (κ1) is 13.2. The van der Waals surface area contributed by atoms with Crippen LogP contribution in [0.1, 0.15) is 13.8 Å². The second-order valence-electron chi connectivity index (χ2n) is 3.23. The van der Waals surface area contributed by atoms with Crippen LogP contribution < -0.4 is 0 Å². The number of carbonyl (C=O) groups is 1. The van der Waals surface area contributed by atoms with E-state index < -0.39 is 5.79 Å². The molecule has 0 saturated heterocycles. The second kappa shape index (κ2) is 4.53. The summed E-state index contributed by atoms with van der Waals surface area (Å²) in [5.41, 5.74) is 1.52. The van der Waals surface area contributed by atoms with Crippen LogP contribution in [0.4, 0.5) is 0 Å². The van der Waals surface area contributed by atoms with Gasteiger partial charge in [0.25, 0.3) is 5.79 Å². The van der Waals surface area contributed by atoms with Crippen molar-refractivity contribution in [3.63, 3.8) is 0 Å². The van der Waals surface area contributed by atoms with Crippen LogP contribution >= 0.6 is 34.2 Å². The van der Waals surface area contributed by atoms with Crippen LogP contribution in [0.5, 0.6) is 0 Å². The minimum absolute atomic E-state index is 0.249. The van der Waals surface area contributed by atoms with E-state index in [1.807, 2.05) is 29.5 Å². The molecule has 3 nitrogen and oxygen atoms in total. The van der Waals surface area contributed by atoms with Gasteiger partial charge in [0.15, 0.2) is 0 Å². The Morgan fingerprint density at radius 2 is 1.73 bits per heavy atom. The highest BCUT2D eigenvalue weighted by molar-refractivity contribution is 14.1. The number of Topliss-reactive ketones (excluding diaryl/α,β-unsaturated/α-hetero) is 1. The molecule has 1 aliphatic rings. The number of carbonyl (C=O) groups excluding carboxylic acids is 1. The molecule has 0 saturated carbocycles. The van der Waals surface area contributed by atoms with Crippen LogP contribution in [0, 0.1) is 0 Å². The van der Waals surface area contributed by atoms with Crippen molar-refractivity contribution >= 4 is 40.0 Å². The van der Waals surface area contributed by atoms with Crippen molar-refractivity contribution in [2.45, 2.75) is 19.6 Å². The Kier molecular flexibility index (Phi) is 3.97. The lowest BCUT2D eigenvalue weighted by Crippen LogP contribution is -2.46. The lowest BCUT2D eigenvalue weighted by atomic mass is 9.92. The van der Waals surface area contributed by atoms with Crippen molar-refractivity contribution < 1.29 is 14.3 Å². The standard InChI is InChI=1S/C10H12ClIO3/c1-5-6(2)10(14-3,15-4)9(13)8(12)7(5)11/h1-4H3. The van der Waals surface area contributed by atoms with Crippen LogP contribution in [0.25, 0.3) is 0 Å². The molecule has 1 rings (SSSR count). The number of hydrogen-bond acceptors (Lipinski definition) is 3. The molecule has 0 aromatic heterocycles. The van der Waals surface area contributed by atoms with Gasteiger partial charge in [0.05, 0.1) is 8.61 Å². The fraction of sp³-hybridized carbons (Fsp3) is 0.500. The zero-order valence-electron chi connectivity index (χ0n) is 8.98. The minimum atomic E-state index is -1.31. The topological polar surface area (TPSA) is 35.5 Å². The third-order valence-electron chi connectivity index (χ3n) is 2.65. The summed E-state index contributed by atoms with van der Waals surface area (Å²) in [7, 11) is 2.89. The van der Waals surface area contributed by atoms with Gasteiger partial charge in [0, 0.05) is 14.2 Å². The molecule has 15 heavy (non-hydrogen) atoms. The molecule has 0 atom stereocenters. The number of rotatable bonds is 2. The third-order valence-corrected chi connectivity index (χ3v) is 4.47. The van der Waals surface area contributed by atoms with Crippen LogP contribution in [0.2, 0.25) is 0 Å². The van der Waals surface area contributed by atoms with E-state index in [0.29, 0.717) is 14.2 Å². The van der Waals surface area contributed by atoms with Gasteiger partial charge in [-0.1, -0.05) is 11.6 Å². The average molecular weight is 343 g/mol. The average Bonchev–Trinajstić information content (AvgIpc) is 2.26. The van der Waals surface area contributed by atoms with E-state index in [2.05, 4.69) is 0 Å². The number of halogens is 2. The van der Waals surface area contributed by atoms with E-state index in [0.717, 1.165) is 5.57 Å². The normalized spacial score (nSPS) is 21.3. The third kappa shape index (κ3) is 1.77. The first-order valence-corrected chi connectivity index (χ1v) is 5.76. The van der Waals surface area contributed by atoms with Crippen molar-refractivity contribution in [1.82, 2.24) is 0 Å². The number of hydrogen-bond donors (Lipinski definition) is 0. The fourth-order valence-electron chi connectivity index (χ4n) is 1.57. The summed E-state index contributed by atoms with van der Waals surface area (Å²) in [6, 6.07) is 0. The summed E-state index contributed by atoms with van der Waals surface area (Å²) in [6.07, 6.45) is 0. The molecule has 0 aromatic rings. The van der Waals surface area contributed by atoms with Crippen LogP contribution in [0.15, 0.2) is 19.8 Å². The number of ketones is 1. The molecular weight excluding hydrogens is 330 g/mol. The largest absolute Gasteiger partial charge is 0.343 e. The Morgan fingerprint density at radius 1 is 1.27 bits per heavy atom. The molecule has 5 heteroatoms. The van der Waals surface area contributed by atoms with Crippen molar-refractivity contribution in [1.29, 1.82) is 0 Å². The van der Waals surface area contributed by atoms with E-state index in [1.54, 1.807) is 6.92 Å². The van der Waals surface area contributed by atoms with Gasteiger partial charge in [0.1, 0.15) is 0 Å². The predicted molar refractivity (Wildman–Crippen MR) is 67.0 cm³/mol. The maximum atomic E-state index is 12.0. The van der Waals surface area contributed by atoms with Gasteiger partial charge >= 0.3 is 0 Å². The summed E-state index contributed by atoms with van der Waals surface area (Å²) in [6.45, 7) is 3.63. The predicted octanol–water partition coefficient (Wildman–Crippen LogP) is 2.78. The Labute approximate surface area is 108 Å². The summed E-state index contributed by atoms with van der Waals surface area (Å²) in [5, 5.41) is 0.475. The highest BCUT2D eigenvalue weighted by Crippen LogP contribution is 2.41. The molecular formula is C10H12ClIO3. The summed E-state index contributed by atoms with van der Waals surface area (Å²) in [5.74, 6) is -1.56. The van der Waals surface area contributed by atoms with Gasteiger partial charge in [-0.25, -0.2) is 0 Å². The van der Waals surface area contributed by atoms with E-state index in [1.165, 1.54) is 14.2 Å². The van der Waals surface area contributed by atoms with Crippen LogP contribution in [0.3, 0.4) is 0 Å². The van der Waals surface area contributed by atoms with Gasteiger partial charge in [0.2, 0.25) is 5.78 Å². The van der Waals surface area contributed by atoms with Crippen molar-refractivity contribution in [3.05, 3.63) is 19.8 Å². The van der Waals surface area contributed by atoms with Gasteiger partial charge in [-0.3, -0.25) is 4.79 Å². The molecule has 84 valence electrons. The fourth-order valence-corrected chi connectivity index (χ4v) is 2.55. The zero-order valence-corrected chi connectivity index (χ0v) is 11.9. The molecule has 0 radical (unpaired) electrons. The maximum Gasteiger partial charge on any atom is 0.257 e. The smallest absolute Gasteiger partial charge is 0.257 e. The van der Waals surface area contributed by atoms with Crippen molar-refractivity contribution in [3.8, 4) is 0 Å². The summed E-state index contributed by atoms with van der Waals surface area (Å²) < 4.78 is 10.9. The SMILES string of the molecule is COC1(OC)C(=O)C(I)=C(Cl)C(C)=C1C. The molecule has 0 unspecified atom stereocenters. The highest BCUT2D eigenvalue weighted by atomic mass is 127. The first-order chi connectivity index (χ1) is 6.92. The lowest BCUT2D eigenvalue weighted by Gasteiger charge is -2.34. The molecule has 0 fully saturated rings. The monoisotopic (exact) mass is 342 g/mol. The van der Waals surface area contributed by atoms with E-state index in [9.17, 15) is 4.79 Å². The minimum Gasteiger partial charge on any atom is -0.343 e. The first-order valence-electron chi connectivity index (χ1n) is 4.31. The van der Waals surface area contributed by atoms with E-state index in [-0.39, 0.29) is 5.78 Å². The maximum absolute atomic E-state index is 12.0. The molecule has 0 spiro atoms. The second-order valence-corrected chi connectivity index (χ2v) is 4.69. The van der Waals surface area contributed by atoms with Gasteiger partial charge < -0.3 is 9.47 Å². The molecule has 0 aromatic carbocycles. The Balaban J connectivity index is 3.44. The Bertz CT molecular complexity index is 367. The highest BCUT2D eigenvalue weighted by Gasteiger charge is 2.46. The summed E-state index contributed by atoms with van der Waals surface area (Å²) in [4.78, 5) is 12.0. The molecule has 0 aliphatic heterocycles. The molecule has 0 bridgehead atoms. The zero-order chi connectivity index (χ0) is 11.8. The van der Waals surface area contributed by atoms with Crippen LogP contribution in [-0.4, -0.2) is 25.8 Å². The van der Waals surface area contributed by atoms with E-state index >= 15 is 0 Å². The van der Waals surface area contributed by atoms with Gasteiger partial charge in [-0.2, -0.15) is 0 Å². The Hall–Kier alpha value is 0.0900. The molecule has 0 amide bonds. The molecule has 0 N–H and O–H groups in total.